The third-order valence-electron chi connectivity index (χ3n) is 5.46. The zero-order valence-corrected chi connectivity index (χ0v) is 30.0. The van der Waals surface area contributed by atoms with E-state index in [1.807, 2.05) is 12.6 Å². The van der Waals surface area contributed by atoms with Gasteiger partial charge in [-0.2, -0.15) is 5.26 Å². The molecule has 0 saturated carbocycles. The average molecular weight is 723 g/mol. The van der Waals surface area contributed by atoms with Crippen molar-refractivity contribution in [3.63, 3.8) is 0 Å². The van der Waals surface area contributed by atoms with Crippen LogP contribution in [0.5, 0.6) is 0 Å². The summed E-state index contributed by atoms with van der Waals surface area (Å²) in [6, 6.07) is 14.0. The lowest BCUT2D eigenvalue weighted by Gasteiger charge is -2.21. The van der Waals surface area contributed by atoms with Crippen LogP contribution in [0.4, 0.5) is 0 Å². The van der Waals surface area contributed by atoms with E-state index < -0.39 is 29.1 Å². The Morgan fingerprint density at radius 1 is 0.930 bits per heavy atom. The Labute approximate surface area is 275 Å². The van der Waals surface area contributed by atoms with Crippen molar-refractivity contribution in [3.05, 3.63) is 82.4 Å². The second kappa shape index (κ2) is 24.8. The maximum atomic E-state index is 10.6. The fourth-order valence-corrected chi connectivity index (χ4v) is 5.62. The smallest absolute Gasteiger partial charge is 0.372 e. The summed E-state index contributed by atoms with van der Waals surface area (Å²) >= 11 is 20.6. The fraction of sp³-hybridized carbons (Fsp3) is 0.407. The van der Waals surface area contributed by atoms with Crippen LogP contribution in [0.3, 0.4) is 0 Å². The number of rotatable bonds is 10. The van der Waals surface area contributed by atoms with E-state index in [9.17, 15) is 9.59 Å². The van der Waals surface area contributed by atoms with Gasteiger partial charge in [0.2, 0.25) is 0 Å². The molecule has 2 aromatic rings. The zero-order valence-electron chi connectivity index (χ0n) is 25.0. The van der Waals surface area contributed by atoms with Gasteiger partial charge in [-0.3, -0.25) is 4.89 Å². The number of hydrogen-bond donors (Lipinski definition) is 2. The van der Waals surface area contributed by atoms with Crippen LogP contribution >= 0.6 is 46.4 Å². The molecule has 0 aromatic heterocycles. The largest absolute Gasteiger partial charge is 0.478 e. The van der Waals surface area contributed by atoms with Gasteiger partial charge in [0.15, 0.2) is 0 Å². The predicted molar refractivity (Wildman–Crippen MR) is 175 cm³/mol. The summed E-state index contributed by atoms with van der Waals surface area (Å²) in [6.45, 7) is 8.56. The van der Waals surface area contributed by atoms with E-state index in [2.05, 4.69) is 18.0 Å². The van der Waals surface area contributed by atoms with E-state index in [4.69, 9.17) is 79.2 Å². The number of benzene rings is 2. The van der Waals surface area contributed by atoms with Gasteiger partial charge < -0.3 is 27.5 Å². The molecule has 0 bridgehead atoms. The van der Waals surface area contributed by atoms with Crippen molar-refractivity contribution in [2.75, 3.05) is 40.4 Å². The summed E-state index contributed by atoms with van der Waals surface area (Å²) < 4.78 is 26.0. The van der Waals surface area contributed by atoms with Crippen molar-refractivity contribution in [2.24, 2.45) is 0 Å². The van der Waals surface area contributed by atoms with E-state index in [1.54, 1.807) is 52.7 Å². The van der Waals surface area contributed by atoms with Crippen LogP contribution in [0.2, 0.25) is 35.2 Å². The minimum Gasteiger partial charge on any atom is -0.478 e. The Kier molecular flexibility index (Phi) is 25.1. The molecule has 1 saturated heterocycles. The number of hydrogen-bond acceptors (Lipinski definition) is 9. The van der Waals surface area contributed by atoms with E-state index in [-0.39, 0.29) is 16.5 Å². The Morgan fingerprint density at radius 3 is 1.63 bits per heavy atom. The monoisotopic (exact) mass is 720 g/mol. The molecule has 10 nitrogen and oxygen atoms in total. The number of aromatic carboxylic acids is 1. The Bertz CT molecular complexity index is 1070. The molecule has 43 heavy (non-hydrogen) atoms. The van der Waals surface area contributed by atoms with Gasteiger partial charge in [0.1, 0.15) is 0 Å². The molecule has 1 heterocycles. The van der Waals surface area contributed by atoms with E-state index in [0.717, 1.165) is 18.7 Å². The molecule has 1 atom stereocenters. The van der Waals surface area contributed by atoms with E-state index in [0.29, 0.717) is 16.1 Å². The van der Waals surface area contributed by atoms with Crippen LogP contribution in [0, 0.1) is 0 Å². The van der Waals surface area contributed by atoms with Gasteiger partial charge in [-0.05, 0) is 49.5 Å². The summed E-state index contributed by atoms with van der Waals surface area (Å²) in [4.78, 5) is 24.4. The van der Waals surface area contributed by atoms with Gasteiger partial charge in [0, 0.05) is 50.6 Å². The molecule has 0 amide bonds. The maximum Gasteiger partial charge on any atom is 0.372 e. The highest BCUT2D eigenvalue weighted by Gasteiger charge is 2.38. The third-order valence-corrected chi connectivity index (χ3v) is 11.6. The first-order valence-corrected chi connectivity index (χ1v) is 19.3. The van der Waals surface area contributed by atoms with Crippen LogP contribution in [-0.4, -0.2) is 85.9 Å². The molecule has 1 aliphatic heterocycles. The van der Waals surface area contributed by atoms with Crippen molar-refractivity contribution in [1.29, 1.82) is 0 Å². The highest BCUT2D eigenvalue weighted by molar-refractivity contribution is 6.66. The second-order valence-corrected chi connectivity index (χ2v) is 17.2. The predicted octanol–water partition coefficient (Wildman–Crippen LogP) is 7.72. The number of carboxylic acids is 1. The van der Waals surface area contributed by atoms with E-state index in [1.165, 1.54) is 24.3 Å². The quantitative estimate of drug-likeness (QED) is 0.0627. The Morgan fingerprint density at radius 2 is 1.35 bits per heavy atom. The van der Waals surface area contributed by atoms with Crippen LogP contribution < -0.4 is 0 Å². The number of carbonyl (C=O) groups excluding carboxylic acids is 1. The van der Waals surface area contributed by atoms with Crippen molar-refractivity contribution in [1.82, 2.24) is 0 Å². The van der Waals surface area contributed by atoms with Crippen LogP contribution in [0.15, 0.2) is 61.2 Å². The molecule has 0 aliphatic carbocycles. The lowest BCUT2D eigenvalue weighted by atomic mass is 10.2. The van der Waals surface area contributed by atoms with Gasteiger partial charge in [-0.1, -0.05) is 41.4 Å². The van der Waals surface area contributed by atoms with Crippen molar-refractivity contribution in [3.8, 4) is 0 Å². The van der Waals surface area contributed by atoms with E-state index >= 15 is 0 Å². The van der Waals surface area contributed by atoms with Crippen LogP contribution in [-0.2, 0) is 27.3 Å². The number of allylic oxidation sites excluding steroid dienone is 1. The first-order chi connectivity index (χ1) is 20.2. The maximum absolute atomic E-state index is 10.6. The van der Waals surface area contributed by atoms with Gasteiger partial charge in [0.25, 0.3) is 0 Å². The molecule has 244 valence electrons. The third kappa shape index (κ3) is 21.8. The first-order valence-electron chi connectivity index (χ1n) is 12.4. The highest BCUT2D eigenvalue weighted by Crippen LogP contribution is 2.23. The van der Waals surface area contributed by atoms with Crippen molar-refractivity contribution in [2.45, 2.75) is 31.3 Å². The number of epoxide rings is 1. The molecule has 3 rings (SSSR count). The lowest BCUT2D eigenvalue weighted by molar-refractivity contribution is -0.182. The number of carbonyl (C=O) groups is 2. The molecule has 2 N–H and O–H groups in total. The Hall–Kier alpha value is -1.53. The fourth-order valence-electron chi connectivity index (χ4n) is 2.65. The Balaban J connectivity index is 0. The van der Waals surface area contributed by atoms with Crippen molar-refractivity contribution < 1.29 is 47.3 Å². The summed E-state index contributed by atoms with van der Waals surface area (Å²) in [5.74, 6) is -1.77. The summed E-state index contributed by atoms with van der Waals surface area (Å²) in [6.07, 6.45) is 2.25. The SMILES string of the molecule is C=CC[Si](C)(OC)OC.CO[Si](C)(CC1CO1)OC.ClCCl.O=C(O)c1cccc(Cl)c1.O=C(OO)c1cccc(Cl)c1. The average Bonchev–Trinajstić information content (AvgIpc) is 3.82. The minimum absolute atomic E-state index is 0.194. The molecule has 16 heteroatoms. The molecule has 0 radical (unpaired) electrons. The van der Waals surface area contributed by atoms with Gasteiger partial charge in [-0.15, -0.1) is 29.8 Å². The van der Waals surface area contributed by atoms with Crippen LogP contribution in [0.25, 0.3) is 0 Å². The molecule has 0 spiro atoms. The number of alkyl halides is 2. The second-order valence-electron chi connectivity index (χ2n) is 8.54. The standard InChI is InChI=1S/C7H5ClO3.C7H5ClO2.C6H14O3Si.C6H14O2Si.CH2Cl2/c8-6-3-1-2-5(4-6)7(9)11-10;8-6-3-1-2-5(4-6)7(9)10;1-7-10(3,8-2)5-6-4-9-6;1-5-6-9(4,7-2)8-3;2-1-3/h1-4,10H;1-4H,(H,9,10);6H,4-5H2,1-3H3;5H,1,6H2,2-4H3;1H2. The molecular weight excluding hydrogens is 682 g/mol. The molecule has 1 unspecified atom stereocenters. The summed E-state index contributed by atoms with van der Waals surface area (Å²) in [7, 11) is 3.13. The highest BCUT2D eigenvalue weighted by atomic mass is 35.5. The molecule has 1 fully saturated rings. The minimum atomic E-state index is -1.82. The summed E-state index contributed by atoms with van der Waals surface area (Å²) in [5, 5.41) is 17.5. The zero-order chi connectivity index (χ0) is 33.5. The lowest BCUT2D eigenvalue weighted by Crippen LogP contribution is -2.37. The number of ether oxygens (including phenoxy) is 1. The number of halogens is 4. The molecular formula is C27H40Cl4O10Si2. The van der Waals surface area contributed by atoms with Gasteiger partial charge in [0.05, 0.1) is 29.2 Å². The topological polar surface area (TPSA) is 133 Å². The summed E-state index contributed by atoms with van der Waals surface area (Å²) in [5.41, 5.74) is 0.438. The van der Waals surface area contributed by atoms with Crippen LogP contribution in [0.1, 0.15) is 20.7 Å². The number of carboxylic acid groups (broad SMARTS) is 1. The molecule has 2 aromatic carbocycles. The normalized spacial score (nSPS) is 13.1. The van der Waals surface area contributed by atoms with Gasteiger partial charge >= 0.3 is 29.1 Å². The van der Waals surface area contributed by atoms with Gasteiger partial charge in [-0.25, -0.2) is 9.59 Å². The van der Waals surface area contributed by atoms with Crippen molar-refractivity contribution >= 4 is 75.5 Å². The molecule has 1 aliphatic rings. The first kappa shape index (κ1) is 43.6.